The van der Waals surface area contributed by atoms with Gasteiger partial charge in [0.25, 0.3) is 0 Å². The molecule has 0 unspecified atom stereocenters. The lowest BCUT2D eigenvalue weighted by Crippen LogP contribution is -2.61. The number of rotatable bonds is 5. The van der Waals surface area contributed by atoms with Crippen LogP contribution in [-0.4, -0.2) is 52.1 Å². The molecule has 0 spiro atoms. The fraction of sp³-hybridized carbons (Fsp3) is 0.474. The topological polar surface area (TPSA) is 77.8 Å². The molecule has 1 aromatic carbocycles. The Morgan fingerprint density at radius 1 is 1.29 bits per heavy atom. The van der Waals surface area contributed by atoms with Gasteiger partial charge in [0.2, 0.25) is 0 Å². The maximum atomic E-state index is 12.4. The molecule has 2 aliphatic heterocycles. The van der Waals surface area contributed by atoms with Crippen LogP contribution >= 0.6 is 0 Å². The van der Waals surface area contributed by atoms with Gasteiger partial charge in [-0.2, -0.15) is 0 Å². The van der Waals surface area contributed by atoms with Crippen LogP contribution in [0.15, 0.2) is 36.4 Å². The fourth-order valence-electron chi connectivity index (χ4n) is 4.30. The van der Waals surface area contributed by atoms with E-state index in [1.807, 2.05) is 42.3 Å². The number of carboxylic acid groups (broad SMARTS) is 1. The van der Waals surface area contributed by atoms with Crippen molar-refractivity contribution in [1.29, 1.82) is 0 Å². The fourth-order valence-corrected chi connectivity index (χ4v) is 4.30. The van der Waals surface area contributed by atoms with Crippen LogP contribution in [0.4, 0.5) is 0 Å². The van der Waals surface area contributed by atoms with Crippen molar-refractivity contribution in [1.82, 2.24) is 4.90 Å². The molecule has 4 atom stereocenters. The van der Waals surface area contributed by atoms with Crippen molar-refractivity contribution in [2.45, 2.75) is 43.9 Å². The summed E-state index contributed by atoms with van der Waals surface area (Å²) in [6, 6.07) is 9.32. The van der Waals surface area contributed by atoms with Crippen molar-refractivity contribution in [3.63, 3.8) is 0 Å². The Hall–Kier alpha value is -1.98. The van der Waals surface area contributed by atoms with Crippen molar-refractivity contribution >= 4 is 17.8 Å². The van der Waals surface area contributed by atoms with E-state index in [2.05, 4.69) is 0 Å². The third-order valence-corrected chi connectivity index (χ3v) is 5.65. The zero-order valence-electron chi connectivity index (χ0n) is 13.8. The molecule has 5 heteroatoms. The molecular weight excluding hydrogens is 306 g/mol. The lowest BCUT2D eigenvalue weighted by molar-refractivity contribution is -0.172. The van der Waals surface area contributed by atoms with Crippen LogP contribution < -0.4 is 0 Å². The van der Waals surface area contributed by atoms with Gasteiger partial charge in [-0.3, -0.25) is 14.5 Å². The number of fused-ring (bicyclic) bond motifs is 2. The number of aliphatic hydroxyl groups excluding tert-OH is 1. The number of piperidine rings is 1. The molecule has 0 saturated carbocycles. The Morgan fingerprint density at radius 3 is 2.67 bits per heavy atom. The van der Waals surface area contributed by atoms with Crippen molar-refractivity contribution in [2.24, 2.45) is 5.41 Å². The van der Waals surface area contributed by atoms with Gasteiger partial charge >= 0.3 is 5.97 Å². The highest BCUT2D eigenvalue weighted by Crippen LogP contribution is 2.48. The van der Waals surface area contributed by atoms with Crippen molar-refractivity contribution in [3.8, 4) is 0 Å². The van der Waals surface area contributed by atoms with Gasteiger partial charge in [-0.25, -0.2) is 0 Å². The second kappa shape index (κ2) is 6.49. The minimum absolute atomic E-state index is 0.172. The van der Waals surface area contributed by atoms with E-state index in [-0.39, 0.29) is 24.3 Å². The molecule has 0 radical (unpaired) electrons. The smallest absolute Gasteiger partial charge is 0.314 e. The second-order valence-electron chi connectivity index (χ2n) is 6.90. The first-order valence-electron chi connectivity index (χ1n) is 8.34. The maximum absolute atomic E-state index is 12.4. The predicted octanol–water partition coefficient (Wildman–Crippen LogP) is 1.96. The largest absolute Gasteiger partial charge is 0.481 e. The van der Waals surface area contributed by atoms with Crippen LogP contribution in [0.5, 0.6) is 0 Å². The molecule has 3 rings (SSSR count). The van der Waals surface area contributed by atoms with Gasteiger partial charge in [0.15, 0.2) is 5.78 Å². The number of aliphatic hydroxyl groups is 1. The van der Waals surface area contributed by atoms with Crippen LogP contribution in [0.2, 0.25) is 0 Å². The minimum Gasteiger partial charge on any atom is -0.481 e. The molecule has 2 fully saturated rings. The number of carbonyl (C=O) groups is 2. The quantitative estimate of drug-likeness (QED) is 0.808. The SMILES string of the molecule is CN1[C@H]2CC[C@@H]1[C@@](CC(=O)/C=C/c1ccccc1)(C(=O)O)[C@@H](O)C2. The van der Waals surface area contributed by atoms with E-state index in [1.165, 1.54) is 6.08 Å². The number of hydrogen-bond acceptors (Lipinski definition) is 4. The molecule has 128 valence electrons. The van der Waals surface area contributed by atoms with Gasteiger partial charge in [-0.1, -0.05) is 36.4 Å². The highest BCUT2D eigenvalue weighted by molar-refractivity contribution is 5.97. The third kappa shape index (κ3) is 2.78. The first kappa shape index (κ1) is 16.9. The van der Waals surface area contributed by atoms with Gasteiger partial charge in [0.05, 0.1) is 6.10 Å². The first-order chi connectivity index (χ1) is 11.4. The number of carboxylic acids is 1. The second-order valence-corrected chi connectivity index (χ2v) is 6.90. The lowest BCUT2D eigenvalue weighted by atomic mass is 9.68. The number of benzene rings is 1. The molecule has 2 aliphatic rings. The van der Waals surface area contributed by atoms with Crippen molar-refractivity contribution in [3.05, 3.63) is 42.0 Å². The summed E-state index contributed by atoms with van der Waals surface area (Å²) < 4.78 is 0. The number of carbonyl (C=O) groups excluding carboxylic acids is 1. The number of nitrogens with zero attached hydrogens (tertiary/aromatic N) is 1. The Morgan fingerprint density at radius 2 is 2.00 bits per heavy atom. The molecule has 2 saturated heterocycles. The highest BCUT2D eigenvalue weighted by atomic mass is 16.4. The molecule has 2 heterocycles. The van der Waals surface area contributed by atoms with Gasteiger partial charge in [0, 0.05) is 18.5 Å². The summed E-state index contributed by atoms with van der Waals surface area (Å²) in [7, 11) is 1.90. The number of allylic oxidation sites excluding steroid dienone is 1. The summed E-state index contributed by atoms with van der Waals surface area (Å²) in [4.78, 5) is 26.5. The zero-order valence-corrected chi connectivity index (χ0v) is 13.8. The Bertz CT molecular complexity index is 657. The molecule has 0 aliphatic carbocycles. The average molecular weight is 329 g/mol. The molecule has 2 N–H and O–H groups in total. The molecule has 24 heavy (non-hydrogen) atoms. The summed E-state index contributed by atoms with van der Waals surface area (Å²) in [6.07, 6.45) is 3.95. The lowest BCUT2D eigenvalue weighted by Gasteiger charge is -2.47. The zero-order chi connectivity index (χ0) is 17.3. The van der Waals surface area contributed by atoms with Gasteiger partial charge in [0.1, 0.15) is 5.41 Å². The van der Waals surface area contributed by atoms with Gasteiger partial charge in [-0.05, 0) is 37.9 Å². The summed E-state index contributed by atoms with van der Waals surface area (Å²) in [5.41, 5.74) is -0.530. The van der Waals surface area contributed by atoms with Gasteiger partial charge < -0.3 is 10.2 Å². The Labute approximate surface area is 141 Å². The standard InChI is InChI=1S/C19H23NO4/c1-20-14-8-10-16(20)19(18(23)24,17(22)11-14)12-15(21)9-7-13-5-3-2-4-6-13/h2-7,9,14,16-17,22H,8,10-12H2,1H3,(H,23,24)/b9-7+/t14-,16+,17-,19+/m0/s1. The van der Waals surface area contributed by atoms with E-state index >= 15 is 0 Å². The minimum atomic E-state index is -1.42. The van der Waals surface area contributed by atoms with Crippen LogP contribution in [0.25, 0.3) is 6.08 Å². The normalized spacial score (nSPS) is 33.0. The number of hydrogen-bond donors (Lipinski definition) is 2. The monoisotopic (exact) mass is 329 g/mol. The van der Waals surface area contributed by atoms with E-state index in [0.717, 1.165) is 12.0 Å². The summed E-state index contributed by atoms with van der Waals surface area (Å²) >= 11 is 0. The third-order valence-electron chi connectivity index (χ3n) is 5.65. The summed E-state index contributed by atoms with van der Waals surface area (Å²) in [5, 5.41) is 20.4. The molecule has 0 amide bonds. The average Bonchev–Trinajstić information content (AvgIpc) is 2.84. The number of aliphatic carboxylic acids is 1. The molecule has 1 aromatic rings. The van der Waals surface area contributed by atoms with Gasteiger partial charge in [-0.15, -0.1) is 0 Å². The van der Waals surface area contributed by atoms with Crippen LogP contribution in [-0.2, 0) is 9.59 Å². The molecule has 5 nitrogen and oxygen atoms in total. The van der Waals surface area contributed by atoms with E-state index < -0.39 is 17.5 Å². The van der Waals surface area contributed by atoms with Crippen molar-refractivity contribution < 1.29 is 19.8 Å². The first-order valence-corrected chi connectivity index (χ1v) is 8.34. The molecule has 0 aromatic heterocycles. The van der Waals surface area contributed by atoms with E-state index in [0.29, 0.717) is 12.8 Å². The van der Waals surface area contributed by atoms with E-state index in [1.54, 1.807) is 6.08 Å². The summed E-state index contributed by atoms with van der Waals surface area (Å²) in [5.74, 6) is -1.34. The van der Waals surface area contributed by atoms with Crippen molar-refractivity contribution in [2.75, 3.05) is 7.05 Å². The maximum Gasteiger partial charge on any atom is 0.314 e. The Balaban J connectivity index is 1.82. The van der Waals surface area contributed by atoms with E-state index in [9.17, 15) is 19.8 Å². The van der Waals surface area contributed by atoms with E-state index in [4.69, 9.17) is 0 Å². The summed E-state index contributed by atoms with van der Waals surface area (Å²) in [6.45, 7) is 0. The van der Waals surface area contributed by atoms with Crippen LogP contribution in [0, 0.1) is 5.41 Å². The number of ketones is 1. The van der Waals surface area contributed by atoms with Crippen LogP contribution in [0.1, 0.15) is 31.2 Å². The van der Waals surface area contributed by atoms with Crippen LogP contribution in [0.3, 0.4) is 0 Å². The highest BCUT2D eigenvalue weighted by Gasteiger charge is 2.60. The molecular formula is C19H23NO4. The molecule has 2 bridgehead atoms. The predicted molar refractivity (Wildman–Crippen MR) is 90.4 cm³/mol. The Kier molecular flexibility index (Phi) is 4.56.